The summed E-state index contributed by atoms with van der Waals surface area (Å²) in [5.74, 6) is -0.287. The van der Waals surface area contributed by atoms with Crippen molar-refractivity contribution in [3.63, 3.8) is 0 Å². The molecule has 2 aromatic rings. The molecule has 1 fully saturated rings. The lowest BCUT2D eigenvalue weighted by molar-refractivity contribution is -0.162. The van der Waals surface area contributed by atoms with Gasteiger partial charge in [-0.05, 0) is 73.8 Å². The molecule has 0 N–H and O–H groups in total. The number of hydrogen-bond acceptors (Lipinski definition) is 4. The summed E-state index contributed by atoms with van der Waals surface area (Å²) < 4.78 is 16.2. The van der Waals surface area contributed by atoms with Crippen LogP contribution in [0.1, 0.15) is 52.7 Å². The van der Waals surface area contributed by atoms with E-state index in [1.807, 2.05) is 12.1 Å². The first-order chi connectivity index (χ1) is 13.7. The Morgan fingerprint density at radius 3 is 2.43 bits per heavy atom. The molecular formula is C24H30O4. The molecule has 1 saturated heterocycles. The molecule has 0 radical (unpaired) electrons. The molecule has 1 aliphatic rings. The highest BCUT2D eigenvalue weighted by molar-refractivity contribution is 5.89. The van der Waals surface area contributed by atoms with E-state index in [9.17, 15) is 4.79 Å². The molecule has 28 heavy (non-hydrogen) atoms. The van der Waals surface area contributed by atoms with Gasteiger partial charge in [-0.15, -0.1) is 0 Å². The molecule has 3 rings (SSSR count). The van der Waals surface area contributed by atoms with Crippen molar-refractivity contribution in [3.8, 4) is 0 Å². The minimum Gasteiger partial charge on any atom is -0.465 e. The molecule has 0 aromatic heterocycles. The van der Waals surface area contributed by atoms with E-state index in [-0.39, 0.29) is 12.3 Å². The zero-order valence-electron chi connectivity index (χ0n) is 16.7. The summed E-state index contributed by atoms with van der Waals surface area (Å²) in [6, 6.07) is 16.4. The quantitative estimate of drug-likeness (QED) is 0.464. The van der Waals surface area contributed by atoms with Crippen molar-refractivity contribution in [3.05, 3.63) is 70.8 Å². The summed E-state index contributed by atoms with van der Waals surface area (Å²) in [4.78, 5) is 11.7. The van der Waals surface area contributed by atoms with E-state index in [4.69, 9.17) is 14.2 Å². The predicted octanol–water partition coefficient (Wildman–Crippen LogP) is 4.73. The number of hydrogen-bond donors (Lipinski definition) is 0. The van der Waals surface area contributed by atoms with Gasteiger partial charge in [-0.2, -0.15) is 0 Å². The van der Waals surface area contributed by atoms with Crippen LogP contribution in [-0.2, 0) is 33.5 Å². The lowest BCUT2D eigenvalue weighted by Gasteiger charge is -2.22. The van der Waals surface area contributed by atoms with Crippen molar-refractivity contribution in [2.75, 3.05) is 20.3 Å². The van der Waals surface area contributed by atoms with Crippen molar-refractivity contribution >= 4 is 5.97 Å². The van der Waals surface area contributed by atoms with E-state index in [1.54, 1.807) is 6.07 Å². The lowest BCUT2D eigenvalue weighted by Crippen LogP contribution is -2.22. The van der Waals surface area contributed by atoms with Crippen molar-refractivity contribution in [2.24, 2.45) is 0 Å². The van der Waals surface area contributed by atoms with Gasteiger partial charge in [-0.3, -0.25) is 0 Å². The predicted molar refractivity (Wildman–Crippen MR) is 109 cm³/mol. The highest BCUT2D eigenvalue weighted by atomic mass is 16.7. The summed E-state index contributed by atoms with van der Waals surface area (Å²) in [7, 11) is 1.41. The molecular weight excluding hydrogens is 352 g/mol. The molecule has 0 spiro atoms. The van der Waals surface area contributed by atoms with Gasteiger partial charge in [0.15, 0.2) is 6.29 Å². The second-order valence-electron chi connectivity index (χ2n) is 7.28. The van der Waals surface area contributed by atoms with E-state index in [1.165, 1.54) is 24.7 Å². The fraction of sp³-hybridized carbons (Fsp3) is 0.458. The standard InChI is InChI=1S/C24H30O4/c1-26-24(25)22-11-5-9-21(18-22)14-13-20-8-4-7-19(17-20)10-6-16-28-23-12-2-3-15-27-23/h4-5,7-9,11,17-18,23H,2-3,6,10,12-16H2,1H3. The van der Waals surface area contributed by atoms with Crippen LogP contribution in [0.25, 0.3) is 0 Å². The molecule has 1 atom stereocenters. The van der Waals surface area contributed by atoms with E-state index in [0.29, 0.717) is 5.56 Å². The molecule has 1 heterocycles. The number of rotatable bonds is 9. The first-order valence-electron chi connectivity index (χ1n) is 10.2. The number of benzene rings is 2. The maximum Gasteiger partial charge on any atom is 0.337 e. The first kappa shape index (κ1) is 20.6. The van der Waals surface area contributed by atoms with Crippen LogP contribution in [0.3, 0.4) is 0 Å². The third-order valence-electron chi connectivity index (χ3n) is 5.09. The van der Waals surface area contributed by atoms with Gasteiger partial charge >= 0.3 is 5.97 Å². The summed E-state index contributed by atoms with van der Waals surface area (Å²) in [6.07, 6.45) is 7.24. The monoisotopic (exact) mass is 382 g/mol. The second kappa shape index (κ2) is 11.0. The van der Waals surface area contributed by atoms with Gasteiger partial charge in [0.2, 0.25) is 0 Å². The van der Waals surface area contributed by atoms with Crippen LogP contribution in [0.15, 0.2) is 48.5 Å². The molecule has 0 saturated carbocycles. The summed E-state index contributed by atoms with van der Waals surface area (Å²) in [5, 5.41) is 0. The molecule has 2 aromatic carbocycles. The third kappa shape index (κ3) is 6.47. The van der Waals surface area contributed by atoms with Crippen molar-refractivity contribution < 1.29 is 19.0 Å². The van der Waals surface area contributed by atoms with Crippen LogP contribution >= 0.6 is 0 Å². The molecule has 4 nitrogen and oxygen atoms in total. The Hall–Kier alpha value is -2.17. The third-order valence-corrected chi connectivity index (χ3v) is 5.09. The maximum atomic E-state index is 11.7. The van der Waals surface area contributed by atoms with Crippen LogP contribution < -0.4 is 0 Å². The normalized spacial score (nSPS) is 16.7. The fourth-order valence-electron chi connectivity index (χ4n) is 3.53. The molecule has 0 bridgehead atoms. The average Bonchev–Trinajstić information content (AvgIpc) is 2.76. The van der Waals surface area contributed by atoms with Gasteiger partial charge in [-0.1, -0.05) is 36.4 Å². The van der Waals surface area contributed by atoms with Gasteiger partial charge < -0.3 is 14.2 Å². The van der Waals surface area contributed by atoms with E-state index in [2.05, 4.69) is 30.3 Å². The Bertz CT molecular complexity index is 750. The average molecular weight is 383 g/mol. The van der Waals surface area contributed by atoms with Gasteiger partial charge in [0, 0.05) is 6.61 Å². The van der Waals surface area contributed by atoms with Gasteiger partial charge in [0.05, 0.1) is 19.3 Å². The SMILES string of the molecule is COC(=O)c1cccc(CCc2cccc(CCCOC3CCCCO3)c2)c1. The minimum atomic E-state index is -0.287. The van der Waals surface area contributed by atoms with Gasteiger partial charge in [0.25, 0.3) is 0 Å². The van der Waals surface area contributed by atoms with E-state index in [0.717, 1.165) is 57.3 Å². The Labute approximate surface area is 167 Å². The highest BCUT2D eigenvalue weighted by Gasteiger charge is 2.13. The molecule has 1 unspecified atom stereocenters. The number of methoxy groups -OCH3 is 1. The molecule has 150 valence electrons. The zero-order chi connectivity index (χ0) is 19.6. The Morgan fingerprint density at radius 2 is 1.71 bits per heavy atom. The Morgan fingerprint density at radius 1 is 1.00 bits per heavy atom. The zero-order valence-corrected chi connectivity index (χ0v) is 16.7. The Balaban J connectivity index is 1.44. The van der Waals surface area contributed by atoms with Crippen molar-refractivity contribution in [1.82, 2.24) is 0 Å². The molecule has 1 aliphatic heterocycles. The van der Waals surface area contributed by atoms with Crippen molar-refractivity contribution in [1.29, 1.82) is 0 Å². The van der Waals surface area contributed by atoms with Crippen LogP contribution in [-0.4, -0.2) is 32.6 Å². The number of esters is 1. The van der Waals surface area contributed by atoms with Crippen LogP contribution in [0.2, 0.25) is 0 Å². The fourth-order valence-corrected chi connectivity index (χ4v) is 3.53. The van der Waals surface area contributed by atoms with E-state index >= 15 is 0 Å². The van der Waals surface area contributed by atoms with Gasteiger partial charge in [-0.25, -0.2) is 4.79 Å². The first-order valence-corrected chi connectivity index (χ1v) is 10.2. The summed E-state index contributed by atoms with van der Waals surface area (Å²) >= 11 is 0. The van der Waals surface area contributed by atoms with Crippen LogP contribution in [0.5, 0.6) is 0 Å². The largest absolute Gasteiger partial charge is 0.465 e. The van der Waals surface area contributed by atoms with Gasteiger partial charge in [0.1, 0.15) is 0 Å². The highest BCUT2D eigenvalue weighted by Crippen LogP contribution is 2.16. The lowest BCUT2D eigenvalue weighted by atomic mass is 10.00. The number of carbonyl (C=O) groups excluding carboxylic acids is 1. The second-order valence-corrected chi connectivity index (χ2v) is 7.28. The number of aryl methyl sites for hydroxylation is 3. The van der Waals surface area contributed by atoms with Crippen molar-refractivity contribution in [2.45, 2.75) is 51.2 Å². The number of ether oxygens (including phenoxy) is 3. The van der Waals surface area contributed by atoms with Crippen LogP contribution in [0, 0.1) is 0 Å². The van der Waals surface area contributed by atoms with Crippen LogP contribution in [0.4, 0.5) is 0 Å². The topological polar surface area (TPSA) is 44.8 Å². The molecule has 4 heteroatoms. The molecule has 0 aliphatic carbocycles. The maximum absolute atomic E-state index is 11.7. The Kier molecular flexibility index (Phi) is 8.07. The smallest absolute Gasteiger partial charge is 0.337 e. The summed E-state index contributed by atoms with van der Waals surface area (Å²) in [6.45, 7) is 1.57. The molecule has 0 amide bonds. The minimum absolute atomic E-state index is 0.000776. The summed E-state index contributed by atoms with van der Waals surface area (Å²) in [5.41, 5.74) is 4.41. The van der Waals surface area contributed by atoms with E-state index < -0.39 is 0 Å². The number of carbonyl (C=O) groups is 1.